The molecule has 16 heavy (non-hydrogen) atoms. The highest BCUT2D eigenvalue weighted by atomic mass is 16.1. The summed E-state index contributed by atoms with van der Waals surface area (Å²) in [6.45, 7) is 5.91. The van der Waals surface area contributed by atoms with Gasteiger partial charge in [-0.05, 0) is 25.8 Å². The van der Waals surface area contributed by atoms with Gasteiger partial charge in [0.15, 0.2) is 0 Å². The lowest BCUT2D eigenvalue weighted by Crippen LogP contribution is -2.37. The zero-order valence-corrected chi connectivity index (χ0v) is 10.0. The van der Waals surface area contributed by atoms with E-state index in [1.165, 1.54) is 16.7 Å². The first-order chi connectivity index (χ1) is 7.65. The maximum Gasteiger partial charge on any atom is 0.138 e. The molecule has 0 spiro atoms. The first-order valence-electron chi connectivity index (χ1n) is 5.96. The minimum Gasteiger partial charge on any atom is -0.316 e. The summed E-state index contributed by atoms with van der Waals surface area (Å²) in [5.74, 6) is 0.591. The first kappa shape index (κ1) is 11.3. The smallest absolute Gasteiger partial charge is 0.138 e. The molecule has 1 heterocycles. The largest absolute Gasteiger partial charge is 0.316 e. The molecule has 2 heteroatoms. The average Bonchev–Trinajstić information content (AvgIpc) is 2.20. The summed E-state index contributed by atoms with van der Waals surface area (Å²) < 4.78 is 0. The third-order valence-electron chi connectivity index (χ3n) is 3.16. The van der Waals surface area contributed by atoms with Crippen molar-refractivity contribution in [2.75, 3.05) is 13.1 Å². The van der Waals surface area contributed by atoms with E-state index in [9.17, 15) is 4.79 Å². The van der Waals surface area contributed by atoms with E-state index in [4.69, 9.17) is 0 Å². The van der Waals surface area contributed by atoms with E-state index in [2.05, 4.69) is 37.4 Å². The van der Waals surface area contributed by atoms with Crippen LogP contribution in [0.1, 0.15) is 23.1 Å². The van der Waals surface area contributed by atoms with E-state index in [1.807, 2.05) is 0 Å². The van der Waals surface area contributed by atoms with E-state index in [0.717, 1.165) is 19.5 Å². The number of piperidine rings is 1. The van der Waals surface area contributed by atoms with Gasteiger partial charge in [-0.25, -0.2) is 0 Å². The number of nitrogens with one attached hydrogen (secondary N) is 1. The molecule has 1 aliphatic heterocycles. The number of benzene rings is 1. The Balaban J connectivity index is 2.10. The van der Waals surface area contributed by atoms with Gasteiger partial charge in [0.05, 0.1) is 0 Å². The standard InChI is InChI=1S/C14H19NO/c1-10-5-11(2)7-12(6-10)8-13-9-15-4-3-14(13)16/h5-7,13,15H,3-4,8-9H2,1-2H3. The molecule has 0 amide bonds. The Hall–Kier alpha value is -1.15. The number of carbonyl (C=O) groups is 1. The highest BCUT2D eigenvalue weighted by molar-refractivity contribution is 5.82. The zero-order chi connectivity index (χ0) is 11.5. The Labute approximate surface area is 97.1 Å². The Morgan fingerprint density at radius 1 is 1.25 bits per heavy atom. The minimum absolute atomic E-state index is 0.176. The molecule has 1 N–H and O–H groups in total. The third-order valence-corrected chi connectivity index (χ3v) is 3.16. The number of hydrogen-bond donors (Lipinski definition) is 1. The molecule has 0 aromatic heterocycles. The van der Waals surface area contributed by atoms with Gasteiger partial charge >= 0.3 is 0 Å². The van der Waals surface area contributed by atoms with E-state index in [1.54, 1.807) is 0 Å². The fraction of sp³-hybridized carbons (Fsp3) is 0.500. The van der Waals surface area contributed by atoms with Gasteiger partial charge in [0.25, 0.3) is 0 Å². The Morgan fingerprint density at radius 2 is 1.94 bits per heavy atom. The molecular weight excluding hydrogens is 198 g/mol. The van der Waals surface area contributed by atoms with Gasteiger partial charge in [-0.1, -0.05) is 29.3 Å². The van der Waals surface area contributed by atoms with E-state index < -0.39 is 0 Å². The van der Waals surface area contributed by atoms with Crippen LogP contribution in [0.3, 0.4) is 0 Å². The van der Waals surface area contributed by atoms with Crippen LogP contribution in [0.25, 0.3) is 0 Å². The maximum atomic E-state index is 11.7. The van der Waals surface area contributed by atoms with E-state index >= 15 is 0 Å². The van der Waals surface area contributed by atoms with Crippen LogP contribution >= 0.6 is 0 Å². The molecule has 1 aromatic carbocycles. The Kier molecular flexibility index (Phi) is 3.39. The second kappa shape index (κ2) is 4.79. The van der Waals surface area contributed by atoms with Gasteiger partial charge in [0.2, 0.25) is 0 Å². The lowest BCUT2D eigenvalue weighted by Gasteiger charge is -2.21. The second-order valence-corrected chi connectivity index (χ2v) is 4.82. The summed E-state index contributed by atoms with van der Waals surface area (Å²) in [4.78, 5) is 11.7. The number of ketones is 1. The normalized spacial score (nSPS) is 21.1. The maximum absolute atomic E-state index is 11.7. The van der Waals surface area contributed by atoms with Crippen LogP contribution in [-0.4, -0.2) is 18.9 Å². The summed E-state index contributed by atoms with van der Waals surface area (Å²) >= 11 is 0. The van der Waals surface area contributed by atoms with Crippen LogP contribution in [0.5, 0.6) is 0 Å². The van der Waals surface area contributed by atoms with Crippen LogP contribution in [0.2, 0.25) is 0 Å². The molecule has 0 aliphatic carbocycles. The molecule has 0 saturated carbocycles. The topological polar surface area (TPSA) is 29.1 Å². The molecule has 1 saturated heterocycles. The minimum atomic E-state index is 0.176. The van der Waals surface area contributed by atoms with Crippen molar-refractivity contribution in [2.45, 2.75) is 26.7 Å². The van der Waals surface area contributed by atoms with E-state index in [-0.39, 0.29) is 5.92 Å². The summed E-state index contributed by atoms with van der Waals surface area (Å²) in [6, 6.07) is 6.55. The molecule has 0 radical (unpaired) electrons. The predicted octanol–water partition coefficient (Wildman–Crippen LogP) is 2.02. The van der Waals surface area contributed by atoms with Crippen molar-refractivity contribution in [1.29, 1.82) is 0 Å². The Bertz CT molecular complexity index is 377. The van der Waals surface area contributed by atoms with Crippen molar-refractivity contribution >= 4 is 5.78 Å². The van der Waals surface area contributed by atoms with Crippen molar-refractivity contribution in [3.63, 3.8) is 0 Å². The third kappa shape index (κ3) is 2.70. The number of hydrogen-bond acceptors (Lipinski definition) is 2. The number of Topliss-reactive ketones (excluding diaryl/α,β-unsaturated/α-hetero) is 1. The molecule has 1 aliphatic rings. The van der Waals surface area contributed by atoms with Gasteiger partial charge < -0.3 is 5.32 Å². The van der Waals surface area contributed by atoms with Crippen LogP contribution in [0.15, 0.2) is 18.2 Å². The molecule has 86 valence electrons. The number of rotatable bonds is 2. The fourth-order valence-corrected chi connectivity index (χ4v) is 2.46. The van der Waals surface area contributed by atoms with Crippen LogP contribution < -0.4 is 5.32 Å². The summed E-state index contributed by atoms with van der Waals surface area (Å²) in [6.07, 6.45) is 1.57. The summed E-state index contributed by atoms with van der Waals surface area (Å²) in [7, 11) is 0. The number of aryl methyl sites for hydroxylation is 2. The Morgan fingerprint density at radius 3 is 2.56 bits per heavy atom. The van der Waals surface area contributed by atoms with Gasteiger partial charge in [-0.2, -0.15) is 0 Å². The van der Waals surface area contributed by atoms with Gasteiger partial charge in [0, 0.05) is 25.4 Å². The van der Waals surface area contributed by atoms with Gasteiger partial charge in [-0.3, -0.25) is 4.79 Å². The van der Waals surface area contributed by atoms with Gasteiger partial charge in [-0.15, -0.1) is 0 Å². The van der Waals surface area contributed by atoms with Gasteiger partial charge in [0.1, 0.15) is 5.78 Å². The molecule has 2 nitrogen and oxygen atoms in total. The highest BCUT2D eigenvalue weighted by Gasteiger charge is 2.21. The quantitative estimate of drug-likeness (QED) is 0.821. The SMILES string of the molecule is Cc1cc(C)cc(CC2CNCCC2=O)c1. The second-order valence-electron chi connectivity index (χ2n) is 4.82. The van der Waals surface area contributed by atoms with Crippen molar-refractivity contribution in [3.8, 4) is 0 Å². The molecule has 1 atom stereocenters. The molecular formula is C14H19NO. The first-order valence-corrected chi connectivity index (χ1v) is 5.96. The summed E-state index contributed by atoms with van der Waals surface area (Å²) in [5, 5.41) is 3.29. The summed E-state index contributed by atoms with van der Waals surface area (Å²) in [5.41, 5.74) is 3.86. The lowest BCUT2D eigenvalue weighted by atomic mass is 9.90. The highest BCUT2D eigenvalue weighted by Crippen LogP contribution is 2.16. The molecule has 1 fully saturated rings. The van der Waals surface area contributed by atoms with Crippen molar-refractivity contribution < 1.29 is 4.79 Å². The van der Waals surface area contributed by atoms with Crippen molar-refractivity contribution in [1.82, 2.24) is 5.32 Å². The van der Waals surface area contributed by atoms with Crippen molar-refractivity contribution in [3.05, 3.63) is 34.9 Å². The average molecular weight is 217 g/mol. The monoisotopic (exact) mass is 217 g/mol. The molecule has 2 rings (SSSR count). The predicted molar refractivity (Wildman–Crippen MR) is 65.6 cm³/mol. The zero-order valence-electron chi connectivity index (χ0n) is 10.0. The van der Waals surface area contributed by atoms with Crippen LogP contribution in [-0.2, 0) is 11.2 Å². The van der Waals surface area contributed by atoms with Crippen LogP contribution in [0.4, 0.5) is 0 Å². The van der Waals surface area contributed by atoms with Crippen molar-refractivity contribution in [2.24, 2.45) is 5.92 Å². The molecule has 1 aromatic rings. The molecule has 0 bridgehead atoms. The fourth-order valence-electron chi connectivity index (χ4n) is 2.46. The lowest BCUT2D eigenvalue weighted by molar-refractivity contribution is -0.123. The molecule has 1 unspecified atom stereocenters. The number of carbonyl (C=O) groups excluding carboxylic acids is 1. The van der Waals surface area contributed by atoms with E-state index in [0.29, 0.717) is 12.2 Å². The van der Waals surface area contributed by atoms with Crippen LogP contribution in [0, 0.1) is 19.8 Å².